The van der Waals surface area contributed by atoms with Gasteiger partial charge in [0.1, 0.15) is 5.82 Å². The Labute approximate surface area is 155 Å². The number of rotatable bonds is 6. The van der Waals surface area contributed by atoms with Crippen LogP contribution in [0.1, 0.15) is 5.56 Å². The number of nitrogens with zero attached hydrogens (tertiary/aromatic N) is 3. The molecule has 0 aliphatic heterocycles. The van der Waals surface area contributed by atoms with Crippen LogP contribution in [0.2, 0.25) is 5.02 Å². The maximum atomic E-state index is 14.1. The van der Waals surface area contributed by atoms with Gasteiger partial charge in [0, 0.05) is 11.6 Å². The summed E-state index contributed by atoms with van der Waals surface area (Å²) in [6, 6.07) is 12.5. The Balaban J connectivity index is 2.05. The molecule has 0 radical (unpaired) electrons. The van der Waals surface area contributed by atoms with E-state index in [2.05, 4.69) is 16.8 Å². The number of sulfone groups is 1. The standard InChI is InChI=1S/C18H15ClFN3O2S/c1-2-11-23-17(15-5-3-4-6-16(15)20)21-22-18(23)26(24,25)12-13-7-9-14(19)10-8-13/h2-10H,1,11-12H2. The molecule has 0 aliphatic carbocycles. The second-order valence-electron chi connectivity index (χ2n) is 5.57. The van der Waals surface area contributed by atoms with E-state index < -0.39 is 15.7 Å². The lowest BCUT2D eigenvalue weighted by Crippen LogP contribution is -2.13. The monoisotopic (exact) mass is 391 g/mol. The van der Waals surface area contributed by atoms with Gasteiger partial charge in [0.15, 0.2) is 5.82 Å². The van der Waals surface area contributed by atoms with E-state index in [-0.39, 0.29) is 28.8 Å². The maximum absolute atomic E-state index is 14.1. The Morgan fingerprint density at radius 3 is 2.46 bits per heavy atom. The summed E-state index contributed by atoms with van der Waals surface area (Å²) in [5, 5.41) is 8.02. The van der Waals surface area contributed by atoms with Crippen molar-refractivity contribution in [2.45, 2.75) is 17.5 Å². The van der Waals surface area contributed by atoms with Crippen molar-refractivity contribution in [2.24, 2.45) is 0 Å². The Bertz CT molecular complexity index is 1050. The van der Waals surface area contributed by atoms with E-state index in [0.717, 1.165) is 0 Å². The zero-order valence-electron chi connectivity index (χ0n) is 13.6. The molecule has 0 bridgehead atoms. The van der Waals surface area contributed by atoms with Crippen LogP contribution in [-0.2, 0) is 22.1 Å². The molecule has 0 spiro atoms. The number of benzene rings is 2. The van der Waals surface area contributed by atoms with Crippen molar-refractivity contribution >= 4 is 21.4 Å². The van der Waals surface area contributed by atoms with E-state index in [1.54, 1.807) is 36.4 Å². The number of halogens is 2. The summed E-state index contributed by atoms with van der Waals surface area (Å²) in [6.45, 7) is 3.76. The van der Waals surface area contributed by atoms with Crippen LogP contribution < -0.4 is 0 Å². The van der Waals surface area contributed by atoms with E-state index in [9.17, 15) is 12.8 Å². The lowest BCUT2D eigenvalue weighted by molar-refractivity contribution is 0.572. The van der Waals surface area contributed by atoms with E-state index in [1.165, 1.54) is 22.8 Å². The van der Waals surface area contributed by atoms with Crippen LogP contribution in [0.15, 0.2) is 66.3 Å². The highest BCUT2D eigenvalue weighted by Gasteiger charge is 2.26. The van der Waals surface area contributed by atoms with Gasteiger partial charge in [-0.1, -0.05) is 41.9 Å². The molecule has 0 saturated heterocycles. The fourth-order valence-electron chi connectivity index (χ4n) is 2.52. The molecule has 1 aromatic heterocycles. The fourth-order valence-corrected chi connectivity index (χ4v) is 4.07. The van der Waals surface area contributed by atoms with Crippen molar-refractivity contribution in [3.05, 3.63) is 77.6 Å². The van der Waals surface area contributed by atoms with Gasteiger partial charge in [0.2, 0.25) is 9.84 Å². The van der Waals surface area contributed by atoms with Crippen LogP contribution in [0.5, 0.6) is 0 Å². The van der Waals surface area contributed by atoms with Crippen molar-refractivity contribution in [2.75, 3.05) is 0 Å². The van der Waals surface area contributed by atoms with Crippen LogP contribution in [0.4, 0.5) is 4.39 Å². The predicted octanol–water partition coefficient (Wildman–Crippen LogP) is 3.90. The molecular weight excluding hydrogens is 377 g/mol. The highest BCUT2D eigenvalue weighted by atomic mass is 35.5. The molecule has 3 rings (SSSR count). The van der Waals surface area contributed by atoms with Crippen LogP contribution in [0.3, 0.4) is 0 Å². The lowest BCUT2D eigenvalue weighted by atomic mass is 10.2. The van der Waals surface area contributed by atoms with Crippen molar-refractivity contribution in [1.82, 2.24) is 14.8 Å². The van der Waals surface area contributed by atoms with Gasteiger partial charge in [-0.25, -0.2) is 12.8 Å². The van der Waals surface area contributed by atoms with E-state index in [1.807, 2.05) is 0 Å². The van der Waals surface area contributed by atoms with Gasteiger partial charge in [-0.3, -0.25) is 4.57 Å². The zero-order chi connectivity index (χ0) is 18.7. The summed E-state index contributed by atoms with van der Waals surface area (Å²) >= 11 is 5.83. The van der Waals surface area contributed by atoms with Gasteiger partial charge in [-0.15, -0.1) is 16.8 Å². The molecule has 3 aromatic rings. The normalized spacial score (nSPS) is 11.5. The molecule has 0 fully saturated rings. The van der Waals surface area contributed by atoms with Crippen LogP contribution in [0, 0.1) is 5.82 Å². The molecule has 8 heteroatoms. The topological polar surface area (TPSA) is 64.8 Å². The second-order valence-corrected chi connectivity index (χ2v) is 7.89. The average molecular weight is 392 g/mol. The third kappa shape index (κ3) is 3.68. The number of hydrogen-bond donors (Lipinski definition) is 0. The van der Waals surface area contributed by atoms with Gasteiger partial charge in [-0.2, -0.15) is 0 Å². The molecule has 134 valence electrons. The predicted molar refractivity (Wildman–Crippen MR) is 98.0 cm³/mol. The molecule has 0 N–H and O–H groups in total. The molecule has 0 aliphatic rings. The van der Waals surface area contributed by atoms with Gasteiger partial charge in [-0.05, 0) is 29.8 Å². The summed E-state index contributed by atoms with van der Waals surface area (Å²) in [5.74, 6) is -0.638. The summed E-state index contributed by atoms with van der Waals surface area (Å²) in [7, 11) is -3.80. The Morgan fingerprint density at radius 1 is 1.12 bits per heavy atom. The number of aromatic nitrogens is 3. The number of allylic oxidation sites excluding steroid dienone is 1. The first kappa shape index (κ1) is 18.3. The maximum Gasteiger partial charge on any atom is 0.250 e. The zero-order valence-corrected chi connectivity index (χ0v) is 15.2. The molecule has 2 aromatic carbocycles. The third-order valence-corrected chi connectivity index (χ3v) is 5.52. The fraction of sp³-hybridized carbons (Fsp3) is 0.111. The molecule has 0 saturated carbocycles. The SMILES string of the molecule is C=CCn1c(-c2ccccc2F)nnc1S(=O)(=O)Cc1ccc(Cl)cc1. The van der Waals surface area contributed by atoms with Crippen molar-refractivity contribution in [1.29, 1.82) is 0 Å². The van der Waals surface area contributed by atoms with Crippen molar-refractivity contribution in [3.63, 3.8) is 0 Å². The van der Waals surface area contributed by atoms with Gasteiger partial charge in [0.25, 0.3) is 5.16 Å². The summed E-state index contributed by atoms with van der Waals surface area (Å²) in [5.41, 5.74) is 0.741. The minimum atomic E-state index is -3.80. The minimum absolute atomic E-state index is 0.131. The van der Waals surface area contributed by atoms with E-state index >= 15 is 0 Å². The number of hydrogen-bond acceptors (Lipinski definition) is 4. The third-order valence-electron chi connectivity index (χ3n) is 3.69. The second kappa shape index (κ2) is 7.39. The molecule has 26 heavy (non-hydrogen) atoms. The van der Waals surface area contributed by atoms with Crippen LogP contribution in [0.25, 0.3) is 11.4 Å². The van der Waals surface area contributed by atoms with Crippen molar-refractivity contribution in [3.8, 4) is 11.4 Å². The smallest absolute Gasteiger partial charge is 0.250 e. The van der Waals surface area contributed by atoms with Gasteiger partial charge in [0.05, 0.1) is 11.3 Å². The first-order valence-corrected chi connectivity index (χ1v) is 9.71. The summed E-state index contributed by atoms with van der Waals surface area (Å²) < 4.78 is 41.1. The molecule has 1 heterocycles. The molecule has 0 atom stereocenters. The van der Waals surface area contributed by atoms with Gasteiger partial charge >= 0.3 is 0 Å². The van der Waals surface area contributed by atoms with Gasteiger partial charge < -0.3 is 0 Å². The first-order chi connectivity index (χ1) is 12.4. The molecule has 5 nitrogen and oxygen atoms in total. The first-order valence-electron chi connectivity index (χ1n) is 7.68. The molecular formula is C18H15ClFN3O2S. The minimum Gasteiger partial charge on any atom is -0.294 e. The quantitative estimate of drug-likeness (QED) is 0.598. The molecule has 0 amide bonds. The largest absolute Gasteiger partial charge is 0.294 e. The Morgan fingerprint density at radius 2 is 1.81 bits per heavy atom. The van der Waals surface area contributed by atoms with Crippen LogP contribution in [-0.4, -0.2) is 23.2 Å². The van der Waals surface area contributed by atoms with Crippen LogP contribution >= 0.6 is 11.6 Å². The summed E-state index contributed by atoms with van der Waals surface area (Å²) in [6.07, 6.45) is 1.51. The highest BCUT2D eigenvalue weighted by molar-refractivity contribution is 7.90. The highest BCUT2D eigenvalue weighted by Crippen LogP contribution is 2.25. The van der Waals surface area contributed by atoms with E-state index in [0.29, 0.717) is 10.6 Å². The Kier molecular flexibility index (Phi) is 5.20. The van der Waals surface area contributed by atoms with Crippen molar-refractivity contribution < 1.29 is 12.8 Å². The van der Waals surface area contributed by atoms with E-state index in [4.69, 9.17) is 11.6 Å². The molecule has 0 unspecified atom stereocenters. The average Bonchev–Trinajstić information content (AvgIpc) is 3.02. The summed E-state index contributed by atoms with van der Waals surface area (Å²) in [4.78, 5) is 0. The lowest BCUT2D eigenvalue weighted by Gasteiger charge is -2.09. The Hall–Kier alpha value is -2.51.